The number of fused-ring (bicyclic) bond motifs is 1. The second-order valence-corrected chi connectivity index (χ2v) is 6.06. The van der Waals surface area contributed by atoms with E-state index in [0.717, 1.165) is 5.39 Å². The van der Waals surface area contributed by atoms with Crippen LogP contribution in [0.15, 0.2) is 23.8 Å². The molecular weight excluding hydrogens is 356 g/mol. The summed E-state index contributed by atoms with van der Waals surface area (Å²) in [5.74, 6) is 1.47. The van der Waals surface area contributed by atoms with Gasteiger partial charge in [0.1, 0.15) is 12.1 Å². The molecule has 0 bridgehead atoms. The predicted molar refractivity (Wildman–Crippen MR) is 98.4 cm³/mol. The van der Waals surface area contributed by atoms with Crippen molar-refractivity contribution in [3.8, 4) is 11.5 Å². The van der Waals surface area contributed by atoms with E-state index in [9.17, 15) is 4.79 Å². The van der Waals surface area contributed by atoms with Crippen LogP contribution in [0.5, 0.6) is 11.5 Å². The van der Waals surface area contributed by atoms with E-state index in [-0.39, 0.29) is 12.4 Å². The first-order valence-corrected chi connectivity index (χ1v) is 8.76. The summed E-state index contributed by atoms with van der Waals surface area (Å²) in [6, 6.07) is 3.60. The van der Waals surface area contributed by atoms with Gasteiger partial charge in [-0.25, -0.2) is 15.0 Å². The SMILES string of the molecule is CCOC(=O)Cc1csc(Nc2ncnc3cc(OC)c(OC)cc23)n1. The molecule has 0 unspecified atom stereocenters. The monoisotopic (exact) mass is 374 g/mol. The van der Waals surface area contributed by atoms with Crippen molar-refractivity contribution in [1.82, 2.24) is 15.0 Å². The van der Waals surface area contributed by atoms with Gasteiger partial charge >= 0.3 is 5.97 Å². The molecule has 3 aromatic rings. The Morgan fingerprint density at radius 2 is 1.96 bits per heavy atom. The van der Waals surface area contributed by atoms with E-state index in [4.69, 9.17) is 14.2 Å². The standard InChI is InChI=1S/C17H18N4O4S/c1-4-25-15(22)5-10-8-26-17(20-10)21-16-11-6-13(23-2)14(24-3)7-12(11)18-9-19-16/h6-9H,4-5H2,1-3H3,(H,18,19,20,21). The number of thiazole rings is 1. The summed E-state index contributed by atoms with van der Waals surface area (Å²) in [4.78, 5) is 24.5. The van der Waals surface area contributed by atoms with Crippen molar-refractivity contribution >= 4 is 39.2 Å². The van der Waals surface area contributed by atoms with Crippen LogP contribution in [0.4, 0.5) is 10.9 Å². The molecule has 26 heavy (non-hydrogen) atoms. The lowest BCUT2D eigenvalue weighted by atomic mass is 10.2. The van der Waals surface area contributed by atoms with E-state index in [2.05, 4.69) is 20.3 Å². The van der Waals surface area contributed by atoms with Gasteiger partial charge < -0.3 is 19.5 Å². The van der Waals surface area contributed by atoms with Crippen molar-refractivity contribution in [2.24, 2.45) is 0 Å². The molecule has 0 spiro atoms. The first-order valence-electron chi connectivity index (χ1n) is 7.88. The van der Waals surface area contributed by atoms with Crippen molar-refractivity contribution in [2.45, 2.75) is 13.3 Å². The van der Waals surface area contributed by atoms with Crippen LogP contribution in [-0.2, 0) is 16.0 Å². The molecule has 0 amide bonds. The molecule has 2 heterocycles. The maximum atomic E-state index is 11.6. The Bertz CT molecular complexity index is 928. The van der Waals surface area contributed by atoms with Gasteiger partial charge in [0.05, 0.1) is 38.5 Å². The van der Waals surface area contributed by atoms with Crippen molar-refractivity contribution in [3.05, 3.63) is 29.5 Å². The fraction of sp³-hybridized carbons (Fsp3) is 0.294. The molecule has 0 saturated heterocycles. The average Bonchev–Trinajstić information content (AvgIpc) is 3.07. The third-order valence-corrected chi connectivity index (χ3v) is 4.36. The zero-order valence-electron chi connectivity index (χ0n) is 14.6. The topological polar surface area (TPSA) is 95.5 Å². The number of carbonyl (C=O) groups is 1. The number of esters is 1. The molecule has 136 valence electrons. The Hall–Kier alpha value is -2.94. The number of nitrogens with zero attached hydrogens (tertiary/aromatic N) is 3. The zero-order valence-corrected chi connectivity index (χ0v) is 15.4. The van der Waals surface area contributed by atoms with Gasteiger partial charge in [-0.05, 0) is 13.0 Å². The number of aromatic nitrogens is 3. The van der Waals surface area contributed by atoms with E-state index >= 15 is 0 Å². The highest BCUT2D eigenvalue weighted by atomic mass is 32.1. The van der Waals surface area contributed by atoms with Gasteiger partial charge in [-0.2, -0.15) is 0 Å². The number of methoxy groups -OCH3 is 2. The van der Waals surface area contributed by atoms with Crippen LogP contribution in [0.2, 0.25) is 0 Å². The summed E-state index contributed by atoms with van der Waals surface area (Å²) in [6.45, 7) is 2.13. The summed E-state index contributed by atoms with van der Waals surface area (Å²) in [5, 5.41) is 6.38. The minimum absolute atomic E-state index is 0.140. The summed E-state index contributed by atoms with van der Waals surface area (Å²) < 4.78 is 15.6. The van der Waals surface area contributed by atoms with Crippen LogP contribution in [0.3, 0.4) is 0 Å². The van der Waals surface area contributed by atoms with Gasteiger partial charge in [-0.1, -0.05) is 0 Å². The molecule has 0 radical (unpaired) electrons. The minimum atomic E-state index is -0.298. The molecule has 9 heteroatoms. The first-order chi connectivity index (χ1) is 12.6. The Morgan fingerprint density at radius 1 is 1.19 bits per heavy atom. The second kappa shape index (κ2) is 7.96. The fourth-order valence-electron chi connectivity index (χ4n) is 2.39. The van der Waals surface area contributed by atoms with E-state index in [1.165, 1.54) is 17.7 Å². The molecule has 0 aliphatic rings. The van der Waals surface area contributed by atoms with Crippen LogP contribution >= 0.6 is 11.3 Å². The number of hydrogen-bond donors (Lipinski definition) is 1. The molecule has 1 N–H and O–H groups in total. The first kappa shape index (κ1) is 17.9. The average molecular weight is 374 g/mol. The van der Waals surface area contributed by atoms with Gasteiger partial charge in [-0.3, -0.25) is 4.79 Å². The van der Waals surface area contributed by atoms with Gasteiger partial charge in [0, 0.05) is 16.8 Å². The molecule has 3 rings (SSSR count). The van der Waals surface area contributed by atoms with Crippen molar-refractivity contribution in [2.75, 3.05) is 26.1 Å². The zero-order chi connectivity index (χ0) is 18.5. The molecule has 0 fully saturated rings. The van der Waals surface area contributed by atoms with Crippen LogP contribution in [0.1, 0.15) is 12.6 Å². The fourth-order valence-corrected chi connectivity index (χ4v) is 3.10. The molecule has 0 saturated carbocycles. The summed E-state index contributed by atoms with van der Waals surface area (Å²) >= 11 is 1.38. The summed E-state index contributed by atoms with van der Waals surface area (Å²) in [5.41, 5.74) is 1.36. The van der Waals surface area contributed by atoms with Crippen LogP contribution in [0, 0.1) is 0 Å². The van der Waals surface area contributed by atoms with Gasteiger partial charge in [-0.15, -0.1) is 11.3 Å². The quantitative estimate of drug-likeness (QED) is 0.631. The lowest BCUT2D eigenvalue weighted by Crippen LogP contribution is -2.07. The number of ether oxygens (including phenoxy) is 3. The summed E-state index contributed by atoms with van der Waals surface area (Å²) in [7, 11) is 3.15. The molecule has 2 aromatic heterocycles. The highest BCUT2D eigenvalue weighted by molar-refractivity contribution is 7.13. The molecular formula is C17H18N4O4S. The minimum Gasteiger partial charge on any atom is -0.493 e. The molecule has 0 atom stereocenters. The van der Waals surface area contributed by atoms with Crippen molar-refractivity contribution in [1.29, 1.82) is 0 Å². The number of anilines is 2. The molecule has 8 nitrogen and oxygen atoms in total. The van der Waals surface area contributed by atoms with Crippen LogP contribution in [-0.4, -0.2) is 41.7 Å². The van der Waals surface area contributed by atoms with Gasteiger partial charge in [0.15, 0.2) is 16.6 Å². The van der Waals surface area contributed by atoms with Crippen LogP contribution < -0.4 is 14.8 Å². The smallest absolute Gasteiger partial charge is 0.311 e. The maximum Gasteiger partial charge on any atom is 0.311 e. The summed E-state index contributed by atoms with van der Waals surface area (Å²) in [6.07, 6.45) is 1.60. The maximum absolute atomic E-state index is 11.6. The third kappa shape index (κ3) is 3.83. The predicted octanol–water partition coefficient (Wildman–Crippen LogP) is 2.95. The number of carbonyl (C=O) groups excluding carboxylic acids is 1. The molecule has 0 aliphatic carbocycles. The Balaban J connectivity index is 1.87. The Kier molecular flexibility index (Phi) is 5.47. The highest BCUT2D eigenvalue weighted by Gasteiger charge is 2.13. The number of hydrogen-bond acceptors (Lipinski definition) is 9. The van der Waals surface area contributed by atoms with E-state index < -0.39 is 0 Å². The molecule has 1 aromatic carbocycles. The van der Waals surface area contributed by atoms with Gasteiger partial charge in [0.2, 0.25) is 0 Å². The Labute approximate surface area is 154 Å². The van der Waals surface area contributed by atoms with E-state index in [1.54, 1.807) is 27.2 Å². The number of rotatable bonds is 7. The lowest BCUT2D eigenvalue weighted by Gasteiger charge is -2.11. The second-order valence-electron chi connectivity index (χ2n) is 5.20. The Morgan fingerprint density at radius 3 is 2.69 bits per heavy atom. The third-order valence-electron chi connectivity index (χ3n) is 3.55. The van der Waals surface area contributed by atoms with E-state index in [0.29, 0.717) is 40.3 Å². The largest absolute Gasteiger partial charge is 0.493 e. The van der Waals surface area contributed by atoms with Crippen molar-refractivity contribution in [3.63, 3.8) is 0 Å². The lowest BCUT2D eigenvalue weighted by molar-refractivity contribution is -0.142. The van der Waals surface area contributed by atoms with Crippen molar-refractivity contribution < 1.29 is 19.0 Å². The highest BCUT2D eigenvalue weighted by Crippen LogP contribution is 2.34. The van der Waals surface area contributed by atoms with Crippen LogP contribution in [0.25, 0.3) is 10.9 Å². The van der Waals surface area contributed by atoms with Gasteiger partial charge in [0.25, 0.3) is 0 Å². The normalized spacial score (nSPS) is 10.6. The molecule has 0 aliphatic heterocycles. The van der Waals surface area contributed by atoms with E-state index in [1.807, 2.05) is 11.4 Å². The number of benzene rings is 1. The number of nitrogens with one attached hydrogen (secondary N) is 1.